The Morgan fingerprint density at radius 1 is 1.40 bits per heavy atom. The number of ether oxygens (including phenoxy) is 1. The van der Waals surface area contributed by atoms with Gasteiger partial charge < -0.3 is 15.0 Å². The Bertz CT molecular complexity index is 687. The first-order valence-electron chi connectivity index (χ1n) is 6.76. The van der Waals surface area contributed by atoms with Crippen LogP contribution in [0.2, 0.25) is 0 Å². The molecule has 5 nitrogen and oxygen atoms in total. The molecular weight excluding hydrogens is 256 g/mol. The van der Waals surface area contributed by atoms with E-state index in [1.165, 1.54) is 6.20 Å². The molecule has 0 aliphatic carbocycles. The Balaban J connectivity index is 1.80. The van der Waals surface area contributed by atoms with Crippen LogP contribution >= 0.6 is 0 Å². The zero-order valence-corrected chi connectivity index (χ0v) is 11.0. The van der Waals surface area contributed by atoms with E-state index < -0.39 is 0 Å². The van der Waals surface area contributed by atoms with Crippen molar-refractivity contribution in [3.05, 3.63) is 46.2 Å². The van der Waals surface area contributed by atoms with Gasteiger partial charge >= 0.3 is 0 Å². The molecule has 2 aromatic rings. The molecule has 0 spiro atoms. The summed E-state index contributed by atoms with van der Waals surface area (Å²) >= 11 is 0. The minimum Gasteiger partial charge on any atom is -0.376 e. The molecule has 3 rings (SSSR count). The zero-order valence-electron chi connectivity index (χ0n) is 11.0. The summed E-state index contributed by atoms with van der Waals surface area (Å²) in [5.41, 5.74) is 0.624. The summed E-state index contributed by atoms with van der Waals surface area (Å²) in [4.78, 5) is 27.3. The maximum atomic E-state index is 12.3. The van der Waals surface area contributed by atoms with E-state index in [9.17, 15) is 9.59 Å². The van der Waals surface area contributed by atoms with E-state index in [0.29, 0.717) is 11.9 Å². The van der Waals surface area contributed by atoms with Crippen molar-refractivity contribution < 1.29 is 9.53 Å². The minimum absolute atomic E-state index is 0.0680. The van der Waals surface area contributed by atoms with Gasteiger partial charge in [0.1, 0.15) is 5.56 Å². The van der Waals surface area contributed by atoms with Crippen LogP contribution in [-0.2, 0) is 4.74 Å². The van der Waals surface area contributed by atoms with Crippen molar-refractivity contribution in [2.45, 2.75) is 18.9 Å². The number of pyridine rings is 1. The number of fused-ring (bicyclic) bond motifs is 1. The molecule has 0 saturated carbocycles. The maximum absolute atomic E-state index is 12.3. The number of amides is 1. The molecule has 1 atom stereocenters. The Hall–Kier alpha value is -2.14. The van der Waals surface area contributed by atoms with Crippen LogP contribution < -0.4 is 10.7 Å². The molecule has 20 heavy (non-hydrogen) atoms. The molecule has 0 bridgehead atoms. The molecular formula is C15H16N2O3. The lowest BCUT2D eigenvalue weighted by Gasteiger charge is -2.10. The van der Waals surface area contributed by atoms with E-state index in [1.54, 1.807) is 12.1 Å². The van der Waals surface area contributed by atoms with Crippen molar-refractivity contribution in [1.82, 2.24) is 10.3 Å². The van der Waals surface area contributed by atoms with Crippen LogP contribution in [0.1, 0.15) is 23.2 Å². The highest BCUT2D eigenvalue weighted by molar-refractivity contribution is 5.97. The Kier molecular flexibility index (Phi) is 3.52. The van der Waals surface area contributed by atoms with Gasteiger partial charge in [-0.25, -0.2) is 0 Å². The van der Waals surface area contributed by atoms with Crippen LogP contribution in [0.15, 0.2) is 35.3 Å². The van der Waals surface area contributed by atoms with E-state index in [-0.39, 0.29) is 23.0 Å². The molecule has 1 aliphatic heterocycles. The number of hydrogen-bond acceptors (Lipinski definition) is 3. The second-order valence-corrected chi connectivity index (χ2v) is 4.92. The molecule has 1 aliphatic rings. The van der Waals surface area contributed by atoms with Gasteiger partial charge in [-0.1, -0.05) is 12.1 Å². The second kappa shape index (κ2) is 5.46. The lowest BCUT2D eigenvalue weighted by Crippen LogP contribution is -2.34. The van der Waals surface area contributed by atoms with Gasteiger partial charge in [0, 0.05) is 30.3 Å². The normalized spacial score (nSPS) is 18.3. The average molecular weight is 272 g/mol. The van der Waals surface area contributed by atoms with E-state index in [2.05, 4.69) is 10.3 Å². The third-order valence-electron chi connectivity index (χ3n) is 3.55. The molecule has 5 heteroatoms. The Labute approximate surface area is 116 Å². The molecule has 2 heterocycles. The fourth-order valence-electron chi connectivity index (χ4n) is 2.44. The van der Waals surface area contributed by atoms with Gasteiger partial charge in [-0.3, -0.25) is 9.59 Å². The second-order valence-electron chi connectivity index (χ2n) is 4.92. The molecule has 104 valence electrons. The first-order chi connectivity index (χ1) is 9.75. The molecule has 2 N–H and O–H groups in total. The molecule has 1 aromatic heterocycles. The largest absolute Gasteiger partial charge is 0.376 e. The molecule has 1 amide bonds. The number of benzene rings is 1. The highest BCUT2D eigenvalue weighted by Crippen LogP contribution is 2.11. The topological polar surface area (TPSA) is 71.2 Å². The first-order valence-corrected chi connectivity index (χ1v) is 6.76. The van der Waals surface area contributed by atoms with E-state index in [0.717, 1.165) is 25.0 Å². The number of carbonyl (C=O) groups excluding carboxylic acids is 1. The van der Waals surface area contributed by atoms with Crippen LogP contribution in [0.3, 0.4) is 0 Å². The first kappa shape index (κ1) is 12.9. The van der Waals surface area contributed by atoms with Crippen molar-refractivity contribution in [2.75, 3.05) is 13.2 Å². The monoisotopic (exact) mass is 272 g/mol. The number of rotatable bonds is 3. The van der Waals surface area contributed by atoms with Crippen LogP contribution in [-0.4, -0.2) is 30.1 Å². The van der Waals surface area contributed by atoms with Gasteiger partial charge in [-0.2, -0.15) is 0 Å². The summed E-state index contributed by atoms with van der Waals surface area (Å²) in [6.07, 6.45) is 3.51. The summed E-state index contributed by atoms with van der Waals surface area (Å²) < 4.78 is 5.44. The van der Waals surface area contributed by atoms with Gasteiger partial charge in [-0.15, -0.1) is 0 Å². The van der Waals surface area contributed by atoms with Crippen LogP contribution in [0, 0.1) is 0 Å². The molecule has 1 saturated heterocycles. The zero-order chi connectivity index (χ0) is 13.9. The number of nitrogens with one attached hydrogen (secondary N) is 2. The van der Waals surface area contributed by atoms with Crippen LogP contribution in [0.5, 0.6) is 0 Å². The number of hydrogen-bond donors (Lipinski definition) is 2. The van der Waals surface area contributed by atoms with Crippen molar-refractivity contribution in [3.8, 4) is 0 Å². The number of carbonyl (C=O) groups is 1. The Morgan fingerprint density at radius 3 is 3.05 bits per heavy atom. The fourth-order valence-corrected chi connectivity index (χ4v) is 2.44. The summed E-state index contributed by atoms with van der Waals surface area (Å²) in [6.45, 7) is 1.20. The van der Waals surface area contributed by atoms with Crippen LogP contribution in [0.25, 0.3) is 10.9 Å². The van der Waals surface area contributed by atoms with Gasteiger partial charge in [-0.05, 0) is 25.0 Å². The SMILES string of the molecule is O=C(NCC1CCCO1)c1c[nH]c2ccccc2c1=O. The third kappa shape index (κ3) is 2.44. The summed E-state index contributed by atoms with van der Waals surface area (Å²) in [6, 6.07) is 7.15. The molecule has 1 unspecified atom stereocenters. The lowest BCUT2D eigenvalue weighted by molar-refractivity contribution is 0.0857. The average Bonchev–Trinajstić information content (AvgIpc) is 2.99. The van der Waals surface area contributed by atoms with Crippen molar-refractivity contribution >= 4 is 16.8 Å². The smallest absolute Gasteiger partial charge is 0.256 e. The number of para-hydroxylation sites is 1. The quantitative estimate of drug-likeness (QED) is 0.888. The number of H-pyrrole nitrogens is 1. The van der Waals surface area contributed by atoms with Gasteiger partial charge in [0.05, 0.1) is 6.10 Å². The minimum atomic E-state index is -0.354. The molecule has 1 aromatic carbocycles. The van der Waals surface area contributed by atoms with Crippen LogP contribution in [0.4, 0.5) is 0 Å². The van der Waals surface area contributed by atoms with Crippen molar-refractivity contribution in [1.29, 1.82) is 0 Å². The third-order valence-corrected chi connectivity index (χ3v) is 3.55. The number of aromatic nitrogens is 1. The van der Waals surface area contributed by atoms with Gasteiger partial charge in [0.15, 0.2) is 0 Å². The van der Waals surface area contributed by atoms with Crippen molar-refractivity contribution in [2.24, 2.45) is 0 Å². The summed E-state index contributed by atoms with van der Waals surface area (Å²) in [5.74, 6) is -0.354. The highest BCUT2D eigenvalue weighted by Gasteiger charge is 2.18. The molecule has 0 radical (unpaired) electrons. The van der Waals surface area contributed by atoms with Gasteiger partial charge in [0.25, 0.3) is 5.91 Å². The summed E-state index contributed by atoms with van der Waals surface area (Å²) in [5, 5.41) is 3.29. The number of aromatic amines is 1. The fraction of sp³-hybridized carbons (Fsp3) is 0.333. The predicted molar refractivity (Wildman–Crippen MR) is 75.9 cm³/mol. The predicted octanol–water partition coefficient (Wildman–Crippen LogP) is 1.44. The van der Waals surface area contributed by atoms with E-state index in [1.807, 2.05) is 12.1 Å². The van der Waals surface area contributed by atoms with Gasteiger partial charge in [0.2, 0.25) is 5.43 Å². The lowest BCUT2D eigenvalue weighted by atomic mass is 10.1. The summed E-state index contributed by atoms with van der Waals surface area (Å²) in [7, 11) is 0. The van der Waals surface area contributed by atoms with E-state index >= 15 is 0 Å². The molecule has 1 fully saturated rings. The standard InChI is InChI=1S/C15H16N2O3/c18-14-11-5-1-2-6-13(11)16-9-12(14)15(19)17-8-10-4-3-7-20-10/h1-2,5-6,9-10H,3-4,7-8H2,(H,16,18)(H,17,19). The van der Waals surface area contributed by atoms with Crippen molar-refractivity contribution in [3.63, 3.8) is 0 Å². The maximum Gasteiger partial charge on any atom is 0.256 e. The highest BCUT2D eigenvalue weighted by atomic mass is 16.5. The Morgan fingerprint density at radius 2 is 2.25 bits per heavy atom. The van der Waals surface area contributed by atoms with E-state index in [4.69, 9.17) is 4.74 Å².